The molecule has 1 aromatic rings. The minimum absolute atomic E-state index is 0.0404. The number of rotatable bonds is 5. The monoisotopic (exact) mass is 272 g/mol. The summed E-state index contributed by atoms with van der Waals surface area (Å²) >= 11 is 0. The molecule has 0 amide bonds. The molecule has 1 aromatic heterocycles. The minimum Gasteiger partial charge on any atom is -0.311 e. The van der Waals surface area contributed by atoms with E-state index >= 15 is 0 Å². The van der Waals surface area contributed by atoms with Gasteiger partial charge in [-0.1, -0.05) is 19.1 Å². The van der Waals surface area contributed by atoms with Gasteiger partial charge in [-0.3, -0.25) is 0 Å². The summed E-state index contributed by atoms with van der Waals surface area (Å²) in [6.45, 7) is 5.91. The summed E-state index contributed by atoms with van der Waals surface area (Å²) in [5.74, 6) is 1.05. The van der Waals surface area contributed by atoms with Crippen molar-refractivity contribution in [1.29, 1.82) is 0 Å². The Morgan fingerprint density at radius 1 is 1.56 bits per heavy atom. The van der Waals surface area contributed by atoms with Gasteiger partial charge in [-0.05, 0) is 18.9 Å². The number of hydrogen-bond acceptors (Lipinski definition) is 5. The zero-order valence-electron chi connectivity index (χ0n) is 10.8. The topological polar surface area (TPSA) is 76.9 Å². The van der Waals surface area contributed by atoms with E-state index in [1.54, 1.807) is 4.68 Å². The van der Waals surface area contributed by atoms with Crippen LogP contribution >= 0.6 is 0 Å². The highest BCUT2D eigenvalue weighted by molar-refractivity contribution is 7.91. The fraction of sp³-hybridized carbons (Fsp3) is 0.818. The van der Waals surface area contributed by atoms with Crippen molar-refractivity contribution in [3.63, 3.8) is 0 Å². The first-order valence-corrected chi connectivity index (χ1v) is 8.10. The van der Waals surface area contributed by atoms with Gasteiger partial charge in [-0.25, -0.2) is 13.1 Å². The lowest BCUT2D eigenvalue weighted by Crippen LogP contribution is -2.19. The van der Waals surface area contributed by atoms with Gasteiger partial charge in [0.15, 0.2) is 9.84 Å². The van der Waals surface area contributed by atoms with Crippen LogP contribution in [-0.2, 0) is 16.4 Å². The molecule has 1 N–H and O–H groups in total. The molecule has 18 heavy (non-hydrogen) atoms. The van der Waals surface area contributed by atoms with Gasteiger partial charge >= 0.3 is 0 Å². The van der Waals surface area contributed by atoms with E-state index in [1.165, 1.54) is 0 Å². The number of hydrogen-bond donors (Lipinski definition) is 1. The maximum Gasteiger partial charge on any atom is 0.152 e. The van der Waals surface area contributed by atoms with Crippen molar-refractivity contribution in [3.05, 3.63) is 11.9 Å². The molecule has 0 aliphatic carbocycles. The third-order valence-corrected chi connectivity index (χ3v) is 4.75. The zero-order chi connectivity index (χ0) is 13.2. The minimum atomic E-state index is -2.87. The molecule has 1 unspecified atom stereocenters. The summed E-state index contributed by atoms with van der Waals surface area (Å²) in [5, 5.41) is 11.4. The van der Waals surface area contributed by atoms with Crippen LogP contribution in [0.25, 0.3) is 0 Å². The maximum atomic E-state index is 11.4. The highest BCUT2D eigenvalue weighted by Crippen LogP contribution is 2.22. The third kappa shape index (κ3) is 3.52. The predicted octanol–water partition coefficient (Wildman–Crippen LogP) is 0.383. The highest BCUT2D eigenvalue weighted by atomic mass is 32.2. The van der Waals surface area contributed by atoms with Crippen molar-refractivity contribution in [2.24, 2.45) is 5.92 Å². The van der Waals surface area contributed by atoms with Crippen molar-refractivity contribution in [1.82, 2.24) is 20.3 Å². The van der Waals surface area contributed by atoms with Crippen molar-refractivity contribution in [2.45, 2.75) is 32.9 Å². The summed E-state index contributed by atoms with van der Waals surface area (Å²) in [6.07, 6.45) is 2.49. The van der Waals surface area contributed by atoms with E-state index in [9.17, 15) is 8.42 Å². The van der Waals surface area contributed by atoms with Gasteiger partial charge < -0.3 is 5.32 Å². The molecule has 2 heterocycles. The average molecular weight is 272 g/mol. The molecule has 1 saturated heterocycles. The first kappa shape index (κ1) is 13.5. The Balaban J connectivity index is 1.90. The second kappa shape index (κ2) is 5.36. The first-order valence-electron chi connectivity index (χ1n) is 6.28. The van der Waals surface area contributed by atoms with Crippen LogP contribution in [0.15, 0.2) is 6.20 Å². The summed E-state index contributed by atoms with van der Waals surface area (Å²) in [6, 6.07) is -0.0404. The van der Waals surface area contributed by atoms with Crippen LogP contribution < -0.4 is 5.32 Å². The van der Waals surface area contributed by atoms with Crippen LogP contribution in [0.5, 0.6) is 0 Å². The van der Waals surface area contributed by atoms with Crippen LogP contribution in [-0.4, -0.2) is 41.5 Å². The van der Waals surface area contributed by atoms with E-state index in [2.05, 4.69) is 29.5 Å². The van der Waals surface area contributed by atoms with Crippen LogP contribution in [0.1, 0.15) is 32.0 Å². The van der Waals surface area contributed by atoms with Gasteiger partial charge in [-0.2, -0.15) is 0 Å². The van der Waals surface area contributed by atoms with Crippen molar-refractivity contribution in [2.75, 3.05) is 18.1 Å². The van der Waals surface area contributed by atoms with E-state index < -0.39 is 9.84 Å². The molecule has 1 aliphatic rings. The molecule has 7 heteroatoms. The SMILES string of the molecule is CC(C)CNCc1cn(C2CCS(=O)(=O)C2)nn1. The molecular formula is C11H20N4O2S. The van der Waals surface area contributed by atoms with Crippen molar-refractivity contribution >= 4 is 9.84 Å². The number of aromatic nitrogens is 3. The van der Waals surface area contributed by atoms with E-state index in [-0.39, 0.29) is 17.5 Å². The van der Waals surface area contributed by atoms with Crippen LogP contribution in [0, 0.1) is 5.92 Å². The summed E-state index contributed by atoms with van der Waals surface area (Å²) in [5.41, 5.74) is 0.861. The Morgan fingerprint density at radius 3 is 2.94 bits per heavy atom. The molecular weight excluding hydrogens is 252 g/mol. The zero-order valence-corrected chi connectivity index (χ0v) is 11.7. The van der Waals surface area contributed by atoms with E-state index in [1.807, 2.05) is 6.20 Å². The molecule has 1 fully saturated rings. The van der Waals surface area contributed by atoms with Crippen molar-refractivity contribution in [3.8, 4) is 0 Å². The summed E-state index contributed by atoms with van der Waals surface area (Å²) in [7, 11) is -2.87. The fourth-order valence-corrected chi connectivity index (χ4v) is 3.75. The Morgan fingerprint density at radius 2 is 2.33 bits per heavy atom. The first-order chi connectivity index (χ1) is 8.46. The summed E-state index contributed by atoms with van der Waals surface area (Å²) in [4.78, 5) is 0. The predicted molar refractivity (Wildman–Crippen MR) is 68.9 cm³/mol. The lowest BCUT2D eigenvalue weighted by atomic mass is 10.2. The van der Waals surface area contributed by atoms with Crippen LogP contribution in [0.4, 0.5) is 0 Å². The maximum absolute atomic E-state index is 11.4. The Labute approximate surface area is 108 Å². The van der Waals surface area contributed by atoms with E-state index in [0.29, 0.717) is 18.9 Å². The third-order valence-electron chi connectivity index (χ3n) is 3.00. The molecule has 2 rings (SSSR count). The Hall–Kier alpha value is -0.950. The smallest absolute Gasteiger partial charge is 0.152 e. The van der Waals surface area contributed by atoms with Crippen LogP contribution in [0.3, 0.4) is 0 Å². The van der Waals surface area contributed by atoms with E-state index in [0.717, 1.165) is 12.2 Å². The average Bonchev–Trinajstić information content (AvgIpc) is 2.84. The molecule has 0 saturated carbocycles. The Bertz CT molecular complexity index is 495. The summed E-state index contributed by atoms with van der Waals surface area (Å²) < 4.78 is 24.5. The molecule has 0 radical (unpaired) electrons. The van der Waals surface area contributed by atoms with Gasteiger partial charge in [-0.15, -0.1) is 5.10 Å². The number of sulfone groups is 1. The molecule has 0 bridgehead atoms. The second-order valence-corrected chi connectivity index (χ2v) is 7.50. The molecule has 1 aliphatic heterocycles. The van der Waals surface area contributed by atoms with E-state index in [4.69, 9.17) is 0 Å². The standard InChI is InChI=1S/C11H20N4O2S/c1-9(2)5-12-6-10-7-15(14-13-10)11-3-4-18(16,17)8-11/h7,9,11-12H,3-6,8H2,1-2H3. The lowest BCUT2D eigenvalue weighted by molar-refractivity contribution is 0.484. The van der Waals surface area contributed by atoms with Crippen molar-refractivity contribution < 1.29 is 8.42 Å². The molecule has 1 atom stereocenters. The molecule has 6 nitrogen and oxygen atoms in total. The number of nitrogens with one attached hydrogen (secondary N) is 1. The molecule has 0 spiro atoms. The highest BCUT2D eigenvalue weighted by Gasteiger charge is 2.29. The van der Waals surface area contributed by atoms with Crippen LogP contribution in [0.2, 0.25) is 0 Å². The van der Waals surface area contributed by atoms with Gasteiger partial charge in [0, 0.05) is 6.54 Å². The lowest BCUT2D eigenvalue weighted by Gasteiger charge is -2.06. The Kier molecular flexibility index (Phi) is 4.01. The van der Waals surface area contributed by atoms with Gasteiger partial charge in [0.2, 0.25) is 0 Å². The normalized spacial score (nSPS) is 22.7. The fourth-order valence-electron chi connectivity index (χ4n) is 2.05. The van der Waals surface area contributed by atoms with Gasteiger partial charge in [0.1, 0.15) is 0 Å². The molecule has 0 aromatic carbocycles. The quantitative estimate of drug-likeness (QED) is 0.838. The number of nitrogens with zero attached hydrogens (tertiary/aromatic N) is 3. The van der Waals surface area contributed by atoms with Gasteiger partial charge in [0.05, 0.1) is 29.4 Å². The second-order valence-electron chi connectivity index (χ2n) is 5.27. The largest absolute Gasteiger partial charge is 0.311 e. The molecule has 102 valence electrons. The van der Waals surface area contributed by atoms with Gasteiger partial charge in [0.25, 0.3) is 0 Å².